The number of hydrogen-bond donors (Lipinski definition) is 2. The van der Waals surface area contributed by atoms with E-state index in [0.29, 0.717) is 23.8 Å². The summed E-state index contributed by atoms with van der Waals surface area (Å²) in [5, 5.41) is 3.12. The van der Waals surface area contributed by atoms with Crippen molar-refractivity contribution in [2.45, 2.75) is 59.0 Å². The summed E-state index contributed by atoms with van der Waals surface area (Å²) in [5.74, 6) is 1.95. The van der Waals surface area contributed by atoms with Gasteiger partial charge in [0.05, 0.1) is 6.04 Å². The van der Waals surface area contributed by atoms with Crippen LogP contribution in [0.1, 0.15) is 47.0 Å². The van der Waals surface area contributed by atoms with E-state index >= 15 is 0 Å². The van der Waals surface area contributed by atoms with Crippen LogP contribution in [0.2, 0.25) is 0 Å². The minimum Gasteiger partial charge on any atom is -0.352 e. The molecule has 0 aromatic rings. The number of nitrogens with two attached hydrogens (primary N) is 1. The van der Waals surface area contributed by atoms with Crippen molar-refractivity contribution in [2.75, 3.05) is 0 Å². The Hall–Kier alpha value is -0.570. The molecule has 4 atom stereocenters. The van der Waals surface area contributed by atoms with Gasteiger partial charge in [-0.3, -0.25) is 4.79 Å². The van der Waals surface area contributed by atoms with Crippen molar-refractivity contribution < 1.29 is 4.79 Å². The first-order chi connectivity index (χ1) is 7.41. The summed E-state index contributed by atoms with van der Waals surface area (Å²) in [6.45, 7) is 8.49. The summed E-state index contributed by atoms with van der Waals surface area (Å²) >= 11 is 0. The van der Waals surface area contributed by atoms with E-state index in [9.17, 15) is 4.79 Å². The lowest BCUT2D eigenvalue weighted by Gasteiger charge is -2.38. The Morgan fingerprint density at radius 1 is 1.31 bits per heavy atom. The van der Waals surface area contributed by atoms with E-state index in [0.717, 1.165) is 6.42 Å². The van der Waals surface area contributed by atoms with Crippen LogP contribution in [0.5, 0.6) is 0 Å². The molecule has 16 heavy (non-hydrogen) atoms. The zero-order valence-electron chi connectivity index (χ0n) is 11.0. The molecule has 1 fully saturated rings. The summed E-state index contributed by atoms with van der Waals surface area (Å²) in [4.78, 5) is 11.6. The molecule has 1 rings (SSSR count). The normalized spacial score (nSPS) is 32.5. The van der Waals surface area contributed by atoms with Crippen molar-refractivity contribution in [1.82, 2.24) is 5.32 Å². The number of hydrogen-bond acceptors (Lipinski definition) is 2. The molecule has 0 aliphatic heterocycles. The third-order valence-electron chi connectivity index (χ3n) is 3.76. The van der Waals surface area contributed by atoms with Gasteiger partial charge in [-0.25, -0.2) is 0 Å². The van der Waals surface area contributed by atoms with E-state index in [1.165, 1.54) is 12.8 Å². The van der Waals surface area contributed by atoms with Crippen LogP contribution in [0.4, 0.5) is 0 Å². The fourth-order valence-corrected chi connectivity index (χ4v) is 2.68. The van der Waals surface area contributed by atoms with Gasteiger partial charge in [-0.05, 0) is 37.5 Å². The molecule has 3 N–H and O–H groups in total. The minimum atomic E-state index is -0.398. The first-order valence-electron chi connectivity index (χ1n) is 6.47. The van der Waals surface area contributed by atoms with Crippen molar-refractivity contribution in [3.63, 3.8) is 0 Å². The maximum absolute atomic E-state index is 11.6. The molecular weight excluding hydrogens is 200 g/mol. The van der Waals surface area contributed by atoms with Crippen LogP contribution in [0.25, 0.3) is 0 Å². The molecule has 0 radical (unpaired) electrons. The Kier molecular flexibility index (Phi) is 4.78. The predicted molar refractivity (Wildman–Crippen MR) is 66.9 cm³/mol. The molecule has 1 amide bonds. The molecule has 0 heterocycles. The number of carbonyl (C=O) groups excluding carboxylic acids is 1. The summed E-state index contributed by atoms with van der Waals surface area (Å²) in [6, 6.07) is -0.0766. The highest BCUT2D eigenvalue weighted by Crippen LogP contribution is 2.33. The molecule has 94 valence electrons. The first-order valence-corrected chi connectivity index (χ1v) is 6.47. The van der Waals surface area contributed by atoms with E-state index in [2.05, 4.69) is 26.1 Å². The van der Waals surface area contributed by atoms with Crippen LogP contribution >= 0.6 is 0 Å². The molecule has 0 saturated heterocycles. The molecule has 0 aromatic carbocycles. The van der Waals surface area contributed by atoms with Gasteiger partial charge >= 0.3 is 0 Å². The summed E-state index contributed by atoms with van der Waals surface area (Å²) < 4.78 is 0. The van der Waals surface area contributed by atoms with E-state index in [1.54, 1.807) is 6.92 Å². The average Bonchev–Trinajstić information content (AvgIpc) is 2.16. The van der Waals surface area contributed by atoms with Gasteiger partial charge in [-0.15, -0.1) is 0 Å². The summed E-state index contributed by atoms with van der Waals surface area (Å²) in [6.07, 6.45) is 3.61. The van der Waals surface area contributed by atoms with Crippen molar-refractivity contribution in [3.05, 3.63) is 0 Å². The average molecular weight is 226 g/mol. The smallest absolute Gasteiger partial charge is 0.236 e. The van der Waals surface area contributed by atoms with Gasteiger partial charge in [0.15, 0.2) is 0 Å². The monoisotopic (exact) mass is 226 g/mol. The minimum absolute atomic E-state index is 0.00949. The number of nitrogens with one attached hydrogen (secondary N) is 1. The van der Waals surface area contributed by atoms with E-state index < -0.39 is 6.04 Å². The molecule has 0 aromatic heterocycles. The molecule has 0 spiro atoms. The second-order valence-electron chi connectivity index (χ2n) is 5.73. The van der Waals surface area contributed by atoms with Gasteiger partial charge in [0, 0.05) is 6.04 Å². The lowest BCUT2D eigenvalue weighted by Crippen LogP contribution is -2.50. The van der Waals surface area contributed by atoms with Crippen LogP contribution < -0.4 is 11.1 Å². The zero-order chi connectivity index (χ0) is 12.3. The maximum atomic E-state index is 11.6. The number of carbonyl (C=O) groups is 1. The highest BCUT2D eigenvalue weighted by molar-refractivity contribution is 5.81. The van der Waals surface area contributed by atoms with Crippen LogP contribution in [-0.4, -0.2) is 18.0 Å². The maximum Gasteiger partial charge on any atom is 0.236 e. The lowest BCUT2D eigenvalue weighted by molar-refractivity contribution is -0.123. The van der Waals surface area contributed by atoms with E-state index in [4.69, 9.17) is 5.73 Å². The third-order valence-corrected chi connectivity index (χ3v) is 3.76. The van der Waals surface area contributed by atoms with Gasteiger partial charge in [-0.2, -0.15) is 0 Å². The second kappa shape index (κ2) is 5.67. The lowest BCUT2D eigenvalue weighted by atomic mass is 9.74. The fraction of sp³-hybridized carbons (Fsp3) is 0.923. The predicted octanol–water partition coefficient (Wildman–Crippen LogP) is 1.91. The number of rotatable bonds is 3. The van der Waals surface area contributed by atoms with Crippen LogP contribution in [0.15, 0.2) is 0 Å². The van der Waals surface area contributed by atoms with Crippen LogP contribution in [0.3, 0.4) is 0 Å². The zero-order valence-corrected chi connectivity index (χ0v) is 11.0. The molecule has 3 nitrogen and oxygen atoms in total. The molecule has 1 aliphatic carbocycles. The SMILES string of the molecule is CC1CCC(C(C)C)C(NC(=O)C(C)N)C1. The molecule has 1 saturated carbocycles. The van der Waals surface area contributed by atoms with Crippen LogP contribution in [0, 0.1) is 17.8 Å². The fourth-order valence-electron chi connectivity index (χ4n) is 2.68. The summed E-state index contributed by atoms with van der Waals surface area (Å²) in [7, 11) is 0. The molecule has 1 aliphatic rings. The van der Waals surface area contributed by atoms with Crippen molar-refractivity contribution in [2.24, 2.45) is 23.5 Å². The van der Waals surface area contributed by atoms with Crippen molar-refractivity contribution in [1.29, 1.82) is 0 Å². The Bertz CT molecular complexity index is 238. The topological polar surface area (TPSA) is 55.1 Å². The Labute approximate surface area is 99.2 Å². The van der Waals surface area contributed by atoms with Gasteiger partial charge in [0.2, 0.25) is 5.91 Å². The van der Waals surface area contributed by atoms with Crippen LogP contribution in [-0.2, 0) is 4.79 Å². The first kappa shape index (κ1) is 13.5. The molecule has 4 unspecified atom stereocenters. The largest absolute Gasteiger partial charge is 0.352 e. The standard InChI is InChI=1S/C13H26N2O/c1-8(2)11-6-5-9(3)7-12(11)15-13(16)10(4)14/h8-12H,5-7,14H2,1-4H3,(H,15,16). The summed E-state index contributed by atoms with van der Waals surface area (Å²) in [5.41, 5.74) is 5.60. The Morgan fingerprint density at radius 2 is 1.94 bits per heavy atom. The molecule has 3 heteroatoms. The number of amides is 1. The highest BCUT2D eigenvalue weighted by atomic mass is 16.2. The Balaban J connectivity index is 2.61. The molecular formula is C13H26N2O. The second-order valence-corrected chi connectivity index (χ2v) is 5.73. The van der Waals surface area contributed by atoms with Crippen molar-refractivity contribution >= 4 is 5.91 Å². The van der Waals surface area contributed by atoms with Gasteiger partial charge < -0.3 is 11.1 Å². The molecule has 0 bridgehead atoms. The van der Waals surface area contributed by atoms with Gasteiger partial charge in [0.25, 0.3) is 0 Å². The van der Waals surface area contributed by atoms with Gasteiger partial charge in [-0.1, -0.05) is 27.2 Å². The Morgan fingerprint density at radius 3 is 2.44 bits per heavy atom. The van der Waals surface area contributed by atoms with E-state index in [-0.39, 0.29) is 5.91 Å². The quantitative estimate of drug-likeness (QED) is 0.772. The highest BCUT2D eigenvalue weighted by Gasteiger charge is 2.31. The van der Waals surface area contributed by atoms with Gasteiger partial charge in [0.1, 0.15) is 0 Å². The third kappa shape index (κ3) is 3.48. The van der Waals surface area contributed by atoms with Crippen molar-refractivity contribution in [3.8, 4) is 0 Å². The van der Waals surface area contributed by atoms with E-state index in [1.807, 2.05) is 0 Å².